The van der Waals surface area contributed by atoms with Crippen LogP contribution in [0.15, 0.2) is 24.3 Å². The second-order valence-corrected chi connectivity index (χ2v) is 6.95. The summed E-state index contributed by atoms with van der Waals surface area (Å²) in [5, 5.41) is 0. The maximum absolute atomic E-state index is 12.9. The lowest BCUT2D eigenvalue weighted by molar-refractivity contribution is -0.186. The van der Waals surface area contributed by atoms with Gasteiger partial charge in [-0.3, -0.25) is 9.59 Å². The molecule has 0 spiro atoms. The number of alkyl halides is 3. The Balaban J connectivity index is 1.68. The van der Waals surface area contributed by atoms with Crippen molar-refractivity contribution in [3.63, 3.8) is 0 Å². The second kappa shape index (κ2) is 6.69. The molecule has 1 aromatic carbocycles. The summed E-state index contributed by atoms with van der Waals surface area (Å²) >= 11 is 0. The predicted octanol–water partition coefficient (Wildman–Crippen LogP) is 3.01. The van der Waals surface area contributed by atoms with Gasteiger partial charge in [-0.05, 0) is 36.8 Å². The third-order valence-corrected chi connectivity index (χ3v) is 4.98. The number of piperidine rings is 1. The Morgan fingerprint density at radius 2 is 1.76 bits per heavy atom. The first-order chi connectivity index (χ1) is 11.8. The largest absolute Gasteiger partial charge is 0.471 e. The van der Waals surface area contributed by atoms with E-state index in [0.717, 1.165) is 22.6 Å². The van der Waals surface area contributed by atoms with E-state index in [-0.39, 0.29) is 37.8 Å². The topological polar surface area (TPSA) is 40.6 Å². The molecule has 1 atom stereocenters. The minimum Gasteiger partial charge on any atom is -0.335 e. The summed E-state index contributed by atoms with van der Waals surface area (Å²) in [5.41, 5.74) is 2.03. The van der Waals surface area contributed by atoms with E-state index < -0.39 is 12.1 Å². The van der Waals surface area contributed by atoms with Crippen LogP contribution in [-0.2, 0) is 16.0 Å². The minimum atomic E-state index is -4.85. The summed E-state index contributed by atoms with van der Waals surface area (Å²) in [6.45, 7) is 2.65. The molecular formula is C18H21F3N2O2. The van der Waals surface area contributed by atoms with Crippen molar-refractivity contribution in [3.05, 3.63) is 29.8 Å². The lowest BCUT2D eigenvalue weighted by atomic mass is 9.90. The average molecular weight is 354 g/mol. The van der Waals surface area contributed by atoms with Gasteiger partial charge in [0.15, 0.2) is 0 Å². The average Bonchev–Trinajstić information content (AvgIpc) is 2.59. The molecule has 3 rings (SSSR count). The molecule has 2 heterocycles. The number of likely N-dealkylation sites (tertiary alicyclic amines) is 1. The highest BCUT2D eigenvalue weighted by molar-refractivity contribution is 5.96. The van der Waals surface area contributed by atoms with E-state index in [1.807, 2.05) is 24.3 Å². The fourth-order valence-corrected chi connectivity index (χ4v) is 3.73. The number of amides is 2. The van der Waals surface area contributed by atoms with Crippen LogP contribution in [0.2, 0.25) is 0 Å². The Morgan fingerprint density at radius 1 is 1.12 bits per heavy atom. The highest BCUT2D eigenvalue weighted by Crippen LogP contribution is 2.32. The number of para-hydroxylation sites is 1. The molecule has 0 radical (unpaired) electrons. The molecule has 2 aliphatic heterocycles. The monoisotopic (exact) mass is 354 g/mol. The first-order valence-electron chi connectivity index (χ1n) is 8.52. The molecule has 0 N–H and O–H groups in total. The standard InChI is InChI=1S/C18H21F3N2O2/c1-12-10-14-4-2-3-5-15(14)23(11-12)16(24)13-6-8-22(9-7-13)17(25)18(19,20)21/h2-5,12-13H,6-11H2,1H3. The van der Waals surface area contributed by atoms with Crippen molar-refractivity contribution >= 4 is 17.5 Å². The fraction of sp³-hybridized carbons (Fsp3) is 0.556. The zero-order valence-corrected chi connectivity index (χ0v) is 14.1. The molecule has 7 heteroatoms. The highest BCUT2D eigenvalue weighted by atomic mass is 19.4. The molecule has 1 unspecified atom stereocenters. The number of benzene rings is 1. The third kappa shape index (κ3) is 3.65. The number of rotatable bonds is 1. The molecule has 2 amide bonds. The highest BCUT2D eigenvalue weighted by Gasteiger charge is 2.44. The number of anilines is 1. The predicted molar refractivity (Wildman–Crippen MR) is 87.0 cm³/mol. The smallest absolute Gasteiger partial charge is 0.335 e. The van der Waals surface area contributed by atoms with Crippen LogP contribution in [0.3, 0.4) is 0 Å². The Morgan fingerprint density at radius 3 is 2.40 bits per heavy atom. The van der Waals surface area contributed by atoms with Crippen LogP contribution < -0.4 is 4.90 Å². The van der Waals surface area contributed by atoms with Gasteiger partial charge >= 0.3 is 12.1 Å². The Hall–Kier alpha value is -2.05. The quantitative estimate of drug-likeness (QED) is 0.778. The Labute approximate surface area is 144 Å². The van der Waals surface area contributed by atoms with Crippen LogP contribution in [0, 0.1) is 11.8 Å². The SMILES string of the molecule is CC1Cc2ccccc2N(C(=O)C2CCN(C(=O)C(F)(F)F)CC2)C1. The lowest BCUT2D eigenvalue weighted by Crippen LogP contribution is -2.49. The molecule has 1 saturated heterocycles. The van der Waals surface area contributed by atoms with Gasteiger partial charge in [-0.25, -0.2) is 0 Å². The van der Waals surface area contributed by atoms with Gasteiger partial charge in [0.1, 0.15) is 0 Å². The summed E-state index contributed by atoms with van der Waals surface area (Å²) < 4.78 is 37.6. The summed E-state index contributed by atoms with van der Waals surface area (Å²) in [4.78, 5) is 26.8. The van der Waals surface area contributed by atoms with Crippen molar-refractivity contribution in [3.8, 4) is 0 Å². The van der Waals surface area contributed by atoms with E-state index in [0.29, 0.717) is 12.5 Å². The van der Waals surface area contributed by atoms with E-state index in [2.05, 4.69) is 6.92 Å². The second-order valence-electron chi connectivity index (χ2n) is 6.95. The maximum atomic E-state index is 12.9. The normalized spacial score (nSPS) is 21.8. The Bertz CT molecular complexity index is 667. The van der Waals surface area contributed by atoms with Crippen molar-refractivity contribution < 1.29 is 22.8 Å². The van der Waals surface area contributed by atoms with Crippen LogP contribution in [-0.4, -0.2) is 42.5 Å². The van der Waals surface area contributed by atoms with Crippen molar-refractivity contribution in [1.82, 2.24) is 4.90 Å². The van der Waals surface area contributed by atoms with Crippen LogP contribution in [0.1, 0.15) is 25.3 Å². The van der Waals surface area contributed by atoms with Gasteiger partial charge in [0, 0.05) is 31.2 Å². The van der Waals surface area contributed by atoms with Crippen LogP contribution in [0.4, 0.5) is 18.9 Å². The number of hydrogen-bond acceptors (Lipinski definition) is 2. The van der Waals surface area contributed by atoms with Gasteiger partial charge in [-0.15, -0.1) is 0 Å². The number of halogens is 3. The number of carbonyl (C=O) groups is 2. The van der Waals surface area contributed by atoms with Gasteiger partial charge in [0.05, 0.1) is 0 Å². The minimum absolute atomic E-state index is 0.0280. The fourth-order valence-electron chi connectivity index (χ4n) is 3.73. The molecule has 1 aromatic rings. The van der Waals surface area contributed by atoms with Gasteiger partial charge in [-0.1, -0.05) is 25.1 Å². The molecular weight excluding hydrogens is 333 g/mol. The van der Waals surface area contributed by atoms with Crippen molar-refractivity contribution in [2.24, 2.45) is 11.8 Å². The van der Waals surface area contributed by atoms with E-state index in [1.165, 1.54) is 0 Å². The van der Waals surface area contributed by atoms with Crippen LogP contribution >= 0.6 is 0 Å². The summed E-state index contributed by atoms with van der Waals surface area (Å²) in [5.74, 6) is -1.85. The molecule has 136 valence electrons. The molecule has 2 aliphatic rings. The third-order valence-electron chi connectivity index (χ3n) is 4.98. The molecule has 0 bridgehead atoms. The molecule has 25 heavy (non-hydrogen) atoms. The summed E-state index contributed by atoms with van der Waals surface area (Å²) in [6.07, 6.45) is -3.39. The van der Waals surface area contributed by atoms with E-state index in [1.54, 1.807) is 4.90 Å². The molecule has 0 aromatic heterocycles. The molecule has 0 aliphatic carbocycles. The lowest BCUT2D eigenvalue weighted by Gasteiger charge is -2.38. The van der Waals surface area contributed by atoms with E-state index >= 15 is 0 Å². The van der Waals surface area contributed by atoms with E-state index in [4.69, 9.17) is 0 Å². The van der Waals surface area contributed by atoms with Gasteiger partial charge < -0.3 is 9.80 Å². The zero-order chi connectivity index (χ0) is 18.2. The van der Waals surface area contributed by atoms with Crippen LogP contribution in [0.5, 0.6) is 0 Å². The van der Waals surface area contributed by atoms with Crippen molar-refractivity contribution in [2.75, 3.05) is 24.5 Å². The van der Waals surface area contributed by atoms with Crippen molar-refractivity contribution in [2.45, 2.75) is 32.4 Å². The van der Waals surface area contributed by atoms with Gasteiger partial charge in [0.2, 0.25) is 5.91 Å². The first kappa shape index (κ1) is 17.8. The summed E-state index contributed by atoms with van der Waals surface area (Å²) in [6, 6.07) is 7.76. The summed E-state index contributed by atoms with van der Waals surface area (Å²) in [7, 11) is 0. The van der Waals surface area contributed by atoms with E-state index in [9.17, 15) is 22.8 Å². The Kier molecular flexibility index (Phi) is 4.75. The number of nitrogens with zero attached hydrogens (tertiary/aromatic N) is 2. The number of carbonyl (C=O) groups excluding carboxylic acids is 2. The molecule has 0 saturated carbocycles. The maximum Gasteiger partial charge on any atom is 0.471 e. The number of fused-ring (bicyclic) bond motifs is 1. The van der Waals surface area contributed by atoms with Gasteiger partial charge in [-0.2, -0.15) is 13.2 Å². The number of hydrogen-bond donors (Lipinski definition) is 0. The van der Waals surface area contributed by atoms with Gasteiger partial charge in [0.25, 0.3) is 0 Å². The van der Waals surface area contributed by atoms with Crippen molar-refractivity contribution in [1.29, 1.82) is 0 Å². The zero-order valence-electron chi connectivity index (χ0n) is 14.1. The molecule has 4 nitrogen and oxygen atoms in total. The van der Waals surface area contributed by atoms with Crippen LogP contribution in [0.25, 0.3) is 0 Å². The molecule has 1 fully saturated rings. The first-order valence-corrected chi connectivity index (χ1v) is 8.52.